The minimum atomic E-state index is -0.0397. The van der Waals surface area contributed by atoms with E-state index in [1.165, 1.54) is 0 Å². The molecule has 1 rings (SSSR count). The summed E-state index contributed by atoms with van der Waals surface area (Å²) in [6, 6.07) is 0. The van der Waals surface area contributed by atoms with Gasteiger partial charge < -0.3 is 19.9 Å². The van der Waals surface area contributed by atoms with Crippen molar-refractivity contribution in [3.63, 3.8) is 0 Å². The zero-order chi connectivity index (χ0) is 10.9. The van der Waals surface area contributed by atoms with E-state index in [-0.39, 0.29) is 6.10 Å². The van der Waals surface area contributed by atoms with E-state index in [1.807, 2.05) is 0 Å². The maximum absolute atomic E-state index is 9.08. The molecule has 0 aromatic heterocycles. The number of methoxy groups -OCH3 is 1. The molecule has 0 unspecified atom stereocenters. The maximum atomic E-state index is 9.08. The lowest BCUT2D eigenvalue weighted by Crippen LogP contribution is -2.37. The number of ether oxygens (including phenoxy) is 2. The average Bonchev–Trinajstić information content (AvgIpc) is 2.19. The summed E-state index contributed by atoms with van der Waals surface area (Å²) < 4.78 is 10.3. The van der Waals surface area contributed by atoms with Crippen molar-refractivity contribution >= 4 is 0 Å². The first kappa shape index (κ1) is 12.9. The van der Waals surface area contributed by atoms with E-state index in [4.69, 9.17) is 14.6 Å². The molecule has 0 radical (unpaired) electrons. The molecule has 0 saturated heterocycles. The fourth-order valence-electron chi connectivity index (χ4n) is 1.73. The first-order chi connectivity index (χ1) is 7.33. The second kappa shape index (κ2) is 8.05. The molecule has 0 aromatic carbocycles. The summed E-state index contributed by atoms with van der Waals surface area (Å²) in [5.74, 6) is 0.675. The number of nitrogens with one attached hydrogen (secondary N) is 1. The normalized spacial score (nSPS) is 25.2. The standard InChI is InChI=1S/C11H23NO3/c1-14-4-2-5-15-6-3-12-9-10-7-11(13)8-10/h10-13H,2-9H2,1H3. The molecule has 0 amide bonds. The van der Waals surface area contributed by atoms with Crippen LogP contribution in [-0.4, -0.2) is 51.2 Å². The molecule has 0 atom stereocenters. The molecule has 0 aromatic rings. The van der Waals surface area contributed by atoms with Crippen molar-refractivity contribution in [2.75, 3.05) is 40.0 Å². The fourth-order valence-corrected chi connectivity index (χ4v) is 1.73. The Bertz CT molecular complexity index is 149. The van der Waals surface area contributed by atoms with Gasteiger partial charge >= 0.3 is 0 Å². The minimum absolute atomic E-state index is 0.0397. The van der Waals surface area contributed by atoms with Gasteiger partial charge in [-0.3, -0.25) is 0 Å². The van der Waals surface area contributed by atoms with Gasteiger partial charge in [0.1, 0.15) is 0 Å². The van der Waals surface area contributed by atoms with Gasteiger partial charge in [0.25, 0.3) is 0 Å². The van der Waals surface area contributed by atoms with Crippen LogP contribution in [0.1, 0.15) is 19.3 Å². The summed E-state index contributed by atoms with van der Waals surface area (Å²) in [7, 11) is 1.70. The second-order valence-corrected chi connectivity index (χ2v) is 4.15. The molecule has 2 N–H and O–H groups in total. The quantitative estimate of drug-likeness (QED) is 0.549. The Morgan fingerprint density at radius 2 is 2.07 bits per heavy atom. The maximum Gasteiger partial charge on any atom is 0.0590 e. The molecule has 1 aliphatic carbocycles. The van der Waals surface area contributed by atoms with E-state index in [1.54, 1.807) is 7.11 Å². The Morgan fingerprint density at radius 3 is 2.73 bits per heavy atom. The van der Waals surface area contributed by atoms with E-state index in [0.29, 0.717) is 5.92 Å². The lowest BCUT2D eigenvalue weighted by atomic mass is 9.82. The molecule has 4 heteroatoms. The van der Waals surface area contributed by atoms with E-state index >= 15 is 0 Å². The first-order valence-electron chi connectivity index (χ1n) is 5.78. The minimum Gasteiger partial charge on any atom is -0.393 e. The monoisotopic (exact) mass is 217 g/mol. The van der Waals surface area contributed by atoms with Gasteiger partial charge in [-0.1, -0.05) is 0 Å². The van der Waals surface area contributed by atoms with Crippen molar-refractivity contribution < 1.29 is 14.6 Å². The van der Waals surface area contributed by atoms with Crippen LogP contribution >= 0.6 is 0 Å². The molecule has 15 heavy (non-hydrogen) atoms. The van der Waals surface area contributed by atoms with Crippen LogP contribution in [0.4, 0.5) is 0 Å². The van der Waals surface area contributed by atoms with E-state index in [2.05, 4.69) is 5.32 Å². The zero-order valence-corrected chi connectivity index (χ0v) is 9.58. The average molecular weight is 217 g/mol. The third-order valence-electron chi connectivity index (χ3n) is 2.70. The summed E-state index contributed by atoms with van der Waals surface area (Å²) in [4.78, 5) is 0. The Labute approximate surface area is 92.0 Å². The number of hydrogen-bond acceptors (Lipinski definition) is 4. The molecule has 0 bridgehead atoms. The highest BCUT2D eigenvalue weighted by Gasteiger charge is 2.26. The summed E-state index contributed by atoms with van der Waals surface area (Å²) in [6.07, 6.45) is 2.84. The predicted octanol–water partition coefficient (Wildman–Crippen LogP) is 0.400. The SMILES string of the molecule is COCCCOCCNCC1CC(O)C1. The van der Waals surface area contributed by atoms with Gasteiger partial charge in [0.2, 0.25) is 0 Å². The number of hydrogen-bond donors (Lipinski definition) is 2. The van der Waals surface area contributed by atoms with Gasteiger partial charge in [-0.05, 0) is 31.7 Å². The van der Waals surface area contributed by atoms with Crippen molar-refractivity contribution in [1.82, 2.24) is 5.32 Å². The summed E-state index contributed by atoms with van der Waals surface area (Å²) in [5, 5.41) is 12.4. The van der Waals surface area contributed by atoms with E-state index < -0.39 is 0 Å². The topological polar surface area (TPSA) is 50.7 Å². The van der Waals surface area contributed by atoms with Crippen molar-refractivity contribution in [3.8, 4) is 0 Å². The number of rotatable bonds is 9. The smallest absolute Gasteiger partial charge is 0.0590 e. The highest BCUT2D eigenvalue weighted by Crippen LogP contribution is 2.25. The van der Waals surface area contributed by atoms with Crippen LogP contribution in [0.25, 0.3) is 0 Å². The molecule has 4 nitrogen and oxygen atoms in total. The first-order valence-corrected chi connectivity index (χ1v) is 5.78. The Morgan fingerprint density at radius 1 is 1.27 bits per heavy atom. The summed E-state index contributed by atoms with van der Waals surface area (Å²) in [5.41, 5.74) is 0. The highest BCUT2D eigenvalue weighted by molar-refractivity contribution is 4.79. The Kier molecular flexibility index (Phi) is 6.92. The molecule has 0 spiro atoms. The van der Waals surface area contributed by atoms with Gasteiger partial charge in [-0.25, -0.2) is 0 Å². The third kappa shape index (κ3) is 6.10. The number of aliphatic hydroxyl groups is 1. The van der Waals surface area contributed by atoms with E-state index in [9.17, 15) is 0 Å². The lowest BCUT2D eigenvalue weighted by molar-refractivity contribution is 0.0416. The van der Waals surface area contributed by atoms with Crippen LogP contribution in [0.3, 0.4) is 0 Å². The van der Waals surface area contributed by atoms with Crippen LogP contribution in [-0.2, 0) is 9.47 Å². The third-order valence-corrected chi connectivity index (χ3v) is 2.70. The van der Waals surface area contributed by atoms with Gasteiger partial charge in [0.15, 0.2) is 0 Å². The molecule has 0 aliphatic heterocycles. The molecule has 1 aliphatic rings. The number of aliphatic hydroxyl groups excluding tert-OH is 1. The van der Waals surface area contributed by atoms with Crippen LogP contribution in [0.5, 0.6) is 0 Å². The summed E-state index contributed by atoms with van der Waals surface area (Å²) >= 11 is 0. The van der Waals surface area contributed by atoms with Gasteiger partial charge in [0, 0.05) is 26.9 Å². The molecular weight excluding hydrogens is 194 g/mol. The largest absolute Gasteiger partial charge is 0.393 e. The Hall–Kier alpha value is -0.160. The van der Waals surface area contributed by atoms with E-state index in [0.717, 1.165) is 52.2 Å². The second-order valence-electron chi connectivity index (χ2n) is 4.15. The van der Waals surface area contributed by atoms with Crippen LogP contribution in [0, 0.1) is 5.92 Å². The molecule has 90 valence electrons. The van der Waals surface area contributed by atoms with Crippen LogP contribution < -0.4 is 5.32 Å². The van der Waals surface area contributed by atoms with Crippen LogP contribution in [0.15, 0.2) is 0 Å². The zero-order valence-electron chi connectivity index (χ0n) is 9.58. The van der Waals surface area contributed by atoms with Crippen molar-refractivity contribution in [2.24, 2.45) is 5.92 Å². The Balaban J connectivity index is 1.70. The van der Waals surface area contributed by atoms with Crippen LogP contribution in [0.2, 0.25) is 0 Å². The summed E-state index contributed by atoms with van der Waals surface area (Å²) in [6.45, 7) is 4.22. The molecule has 0 heterocycles. The van der Waals surface area contributed by atoms with Gasteiger partial charge in [0.05, 0.1) is 12.7 Å². The van der Waals surface area contributed by atoms with Gasteiger partial charge in [-0.2, -0.15) is 0 Å². The van der Waals surface area contributed by atoms with Crippen molar-refractivity contribution in [2.45, 2.75) is 25.4 Å². The molecule has 1 saturated carbocycles. The molecule has 1 fully saturated rings. The molecular formula is C11H23NO3. The fraction of sp³-hybridized carbons (Fsp3) is 1.00. The highest BCUT2D eigenvalue weighted by atomic mass is 16.5. The van der Waals surface area contributed by atoms with Crippen molar-refractivity contribution in [1.29, 1.82) is 0 Å². The lowest BCUT2D eigenvalue weighted by Gasteiger charge is -2.31. The predicted molar refractivity (Wildman–Crippen MR) is 58.9 cm³/mol. The van der Waals surface area contributed by atoms with Crippen molar-refractivity contribution in [3.05, 3.63) is 0 Å². The van der Waals surface area contributed by atoms with Gasteiger partial charge in [-0.15, -0.1) is 0 Å².